The molecule has 2 saturated heterocycles. The standard InChI is InChI=1S/C29H32F2N8/c1-4-37-14-29(15-37)16-38(17-29)13-18-5-6-23(32-11-18)34-27-33-12-21(31)25(36-27)19-9-20(30)26-22(10-19)39-24(35-26)7-8-28(39,2)3/h5-6,9-12H,4,7-8,13-17H2,1-3H3,(H,32,33,34,36). The van der Waals surface area contributed by atoms with Gasteiger partial charge in [-0.3, -0.25) is 4.90 Å². The molecule has 3 aliphatic rings. The van der Waals surface area contributed by atoms with E-state index in [0.717, 1.165) is 56.6 Å². The van der Waals surface area contributed by atoms with E-state index in [1.807, 2.05) is 18.3 Å². The molecule has 6 heterocycles. The van der Waals surface area contributed by atoms with Gasteiger partial charge in [-0.25, -0.2) is 28.7 Å². The van der Waals surface area contributed by atoms with Gasteiger partial charge in [-0.1, -0.05) is 13.0 Å². The van der Waals surface area contributed by atoms with Gasteiger partial charge < -0.3 is 14.8 Å². The van der Waals surface area contributed by atoms with Gasteiger partial charge in [-0.2, -0.15) is 0 Å². The molecule has 1 spiro atoms. The van der Waals surface area contributed by atoms with Crippen molar-refractivity contribution in [3.63, 3.8) is 0 Å². The maximum absolute atomic E-state index is 15.1. The molecule has 10 heteroatoms. The lowest BCUT2D eigenvalue weighted by molar-refractivity contribution is -0.116. The van der Waals surface area contributed by atoms with Crippen LogP contribution in [0.1, 0.15) is 38.6 Å². The van der Waals surface area contributed by atoms with Crippen LogP contribution in [-0.2, 0) is 18.5 Å². The molecular weight excluding hydrogens is 498 g/mol. The molecular formula is C29H32F2N8. The molecule has 39 heavy (non-hydrogen) atoms. The summed E-state index contributed by atoms with van der Waals surface area (Å²) in [5.74, 6) is 0.500. The number of imidazole rings is 1. The van der Waals surface area contributed by atoms with Crippen molar-refractivity contribution in [2.45, 2.75) is 45.7 Å². The van der Waals surface area contributed by atoms with E-state index < -0.39 is 11.6 Å². The van der Waals surface area contributed by atoms with Gasteiger partial charge in [-0.05, 0) is 50.6 Å². The van der Waals surface area contributed by atoms with Crippen LogP contribution < -0.4 is 5.32 Å². The van der Waals surface area contributed by atoms with Crippen molar-refractivity contribution in [1.29, 1.82) is 0 Å². The lowest BCUT2D eigenvalue weighted by atomic mass is 9.73. The summed E-state index contributed by atoms with van der Waals surface area (Å²) in [6.07, 6.45) is 4.66. The number of hydrogen-bond acceptors (Lipinski definition) is 7. The molecule has 202 valence electrons. The van der Waals surface area contributed by atoms with Gasteiger partial charge >= 0.3 is 0 Å². The maximum Gasteiger partial charge on any atom is 0.229 e. The van der Waals surface area contributed by atoms with Gasteiger partial charge in [0.1, 0.15) is 22.9 Å². The lowest BCUT2D eigenvalue weighted by Gasteiger charge is -2.60. The number of aromatic nitrogens is 5. The second kappa shape index (κ2) is 8.76. The van der Waals surface area contributed by atoms with E-state index in [2.05, 4.69) is 60.4 Å². The van der Waals surface area contributed by atoms with E-state index in [-0.39, 0.29) is 17.2 Å². The Bertz CT molecular complexity index is 1560. The highest BCUT2D eigenvalue weighted by Crippen LogP contribution is 2.40. The number of aryl methyl sites for hydroxylation is 1. The molecule has 4 aromatic rings. The monoisotopic (exact) mass is 530 g/mol. The molecule has 0 aliphatic carbocycles. The molecule has 8 nitrogen and oxygen atoms in total. The molecule has 0 atom stereocenters. The second-order valence-electron chi connectivity index (χ2n) is 12.0. The Kier molecular flexibility index (Phi) is 5.51. The number of nitrogens with zero attached hydrogens (tertiary/aromatic N) is 7. The SMILES string of the molecule is CCN1CC2(C1)CN(Cc1ccc(Nc3ncc(F)c(-c4cc(F)c5nc6n(c5c4)C(C)(C)CC6)n3)nc1)C2. The molecule has 2 fully saturated rings. The summed E-state index contributed by atoms with van der Waals surface area (Å²) in [7, 11) is 0. The minimum Gasteiger partial charge on any atom is -0.322 e. The first-order chi connectivity index (χ1) is 18.7. The quantitative estimate of drug-likeness (QED) is 0.386. The lowest BCUT2D eigenvalue weighted by Crippen LogP contribution is -2.71. The van der Waals surface area contributed by atoms with Gasteiger partial charge in [0.15, 0.2) is 11.6 Å². The number of rotatable bonds is 6. The zero-order valence-corrected chi connectivity index (χ0v) is 22.5. The van der Waals surface area contributed by atoms with Crippen molar-refractivity contribution in [2.24, 2.45) is 5.41 Å². The third-order valence-corrected chi connectivity index (χ3v) is 8.52. The molecule has 0 unspecified atom stereocenters. The van der Waals surface area contributed by atoms with Crippen LogP contribution >= 0.6 is 0 Å². The molecule has 0 amide bonds. The fraction of sp³-hybridized carbons (Fsp3) is 0.448. The highest BCUT2D eigenvalue weighted by Gasteiger charge is 2.50. The van der Waals surface area contributed by atoms with Crippen LogP contribution in [0.4, 0.5) is 20.5 Å². The molecule has 0 bridgehead atoms. The molecule has 3 aliphatic heterocycles. The topological polar surface area (TPSA) is 75.0 Å². The van der Waals surface area contributed by atoms with Crippen LogP contribution in [0.5, 0.6) is 0 Å². The van der Waals surface area contributed by atoms with Crippen molar-refractivity contribution in [3.8, 4) is 11.3 Å². The number of fused-ring (bicyclic) bond motifs is 3. The van der Waals surface area contributed by atoms with Crippen molar-refractivity contribution in [1.82, 2.24) is 34.3 Å². The highest BCUT2D eigenvalue weighted by molar-refractivity contribution is 5.83. The first-order valence-corrected chi connectivity index (χ1v) is 13.6. The average molecular weight is 531 g/mol. The summed E-state index contributed by atoms with van der Waals surface area (Å²) < 4.78 is 32.1. The van der Waals surface area contributed by atoms with Crippen LogP contribution in [0.2, 0.25) is 0 Å². The summed E-state index contributed by atoms with van der Waals surface area (Å²) in [5, 5.41) is 3.06. The largest absolute Gasteiger partial charge is 0.322 e. The Hall–Kier alpha value is -3.50. The fourth-order valence-electron chi connectivity index (χ4n) is 6.63. The molecule has 7 rings (SSSR count). The normalized spacial score (nSPS) is 19.7. The van der Waals surface area contributed by atoms with Crippen molar-refractivity contribution >= 4 is 22.8 Å². The smallest absolute Gasteiger partial charge is 0.229 e. The van der Waals surface area contributed by atoms with Gasteiger partial charge in [-0.15, -0.1) is 0 Å². The zero-order valence-electron chi connectivity index (χ0n) is 22.5. The van der Waals surface area contributed by atoms with E-state index in [1.165, 1.54) is 19.2 Å². The average Bonchev–Trinajstić information content (AvgIpc) is 3.39. The third-order valence-electron chi connectivity index (χ3n) is 8.52. The number of halogens is 2. The Labute approximate surface area is 226 Å². The summed E-state index contributed by atoms with van der Waals surface area (Å²) in [6.45, 7) is 13.1. The number of benzene rings is 1. The van der Waals surface area contributed by atoms with Crippen LogP contribution in [0, 0.1) is 17.0 Å². The Morgan fingerprint density at radius 1 is 0.949 bits per heavy atom. The van der Waals surface area contributed by atoms with Crippen LogP contribution in [0.3, 0.4) is 0 Å². The minimum atomic E-state index is -0.621. The van der Waals surface area contributed by atoms with Crippen molar-refractivity contribution in [3.05, 3.63) is 59.7 Å². The highest BCUT2D eigenvalue weighted by atomic mass is 19.1. The predicted octanol–water partition coefficient (Wildman–Crippen LogP) is 4.73. The van der Waals surface area contributed by atoms with Gasteiger partial charge in [0, 0.05) is 61.9 Å². The minimum absolute atomic E-state index is 0.0284. The van der Waals surface area contributed by atoms with Gasteiger partial charge in [0.2, 0.25) is 5.95 Å². The summed E-state index contributed by atoms with van der Waals surface area (Å²) in [6, 6.07) is 6.98. The molecule has 3 aromatic heterocycles. The number of nitrogens with one attached hydrogen (secondary N) is 1. The Morgan fingerprint density at radius 3 is 2.49 bits per heavy atom. The van der Waals surface area contributed by atoms with Crippen LogP contribution in [0.25, 0.3) is 22.3 Å². The number of hydrogen-bond donors (Lipinski definition) is 1. The Morgan fingerprint density at radius 2 is 1.74 bits per heavy atom. The van der Waals surface area contributed by atoms with Gasteiger partial charge in [0.25, 0.3) is 0 Å². The summed E-state index contributed by atoms with van der Waals surface area (Å²) >= 11 is 0. The number of anilines is 2. The molecule has 1 N–H and O–H groups in total. The van der Waals surface area contributed by atoms with Crippen molar-refractivity contribution in [2.75, 3.05) is 38.0 Å². The predicted molar refractivity (Wildman–Crippen MR) is 146 cm³/mol. The van der Waals surface area contributed by atoms with E-state index in [9.17, 15) is 4.39 Å². The first-order valence-electron chi connectivity index (χ1n) is 13.6. The second-order valence-corrected chi connectivity index (χ2v) is 12.0. The van der Waals surface area contributed by atoms with E-state index >= 15 is 4.39 Å². The van der Waals surface area contributed by atoms with Crippen molar-refractivity contribution < 1.29 is 8.78 Å². The molecule has 0 radical (unpaired) electrons. The summed E-state index contributed by atoms with van der Waals surface area (Å²) in [4.78, 5) is 22.5. The van der Waals surface area contributed by atoms with E-state index in [1.54, 1.807) is 6.07 Å². The van der Waals surface area contributed by atoms with E-state index in [4.69, 9.17) is 0 Å². The fourth-order valence-corrected chi connectivity index (χ4v) is 6.63. The van der Waals surface area contributed by atoms with Crippen LogP contribution in [-0.4, -0.2) is 67.0 Å². The number of pyridine rings is 1. The van der Waals surface area contributed by atoms with Crippen LogP contribution in [0.15, 0.2) is 36.7 Å². The van der Waals surface area contributed by atoms with Gasteiger partial charge in [0.05, 0.1) is 11.7 Å². The first kappa shape index (κ1) is 24.5. The summed E-state index contributed by atoms with van der Waals surface area (Å²) in [5.41, 5.74) is 2.79. The Balaban J connectivity index is 1.08. The molecule has 0 saturated carbocycles. The van der Waals surface area contributed by atoms with E-state index in [0.29, 0.717) is 27.8 Å². The molecule has 1 aromatic carbocycles. The number of likely N-dealkylation sites (tertiary alicyclic amines) is 2. The maximum atomic E-state index is 15.1. The third kappa shape index (κ3) is 4.17. The zero-order chi connectivity index (χ0) is 26.9.